The van der Waals surface area contributed by atoms with Gasteiger partial charge in [0.15, 0.2) is 11.5 Å². The van der Waals surface area contributed by atoms with Crippen LogP contribution in [0.3, 0.4) is 0 Å². The van der Waals surface area contributed by atoms with Crippen molar-refractivity contribution < 1.29 is 28.6 Å². The van der Waals surface area contributed by atoms with Gasteiger partial charge in [0.25, 0.3) is 0 Å². The number of carboxylic acids is 1. The molecule has 8 heteroatoms. The van der Waals surface area contributed by atoms with Crippen LogP contribution in [-0.2, 0) is 4.79 Å². The molecule has 7 nitrogen and oxygen atoms in total. The maximum absolute atomic E-state index is 13.4. The standard InChI is InChI=1S/C21H15FN2O5/c22-12-2-4-13(5-3-12)24-9-15(21(26)27)19-20(24)14(8-18(25)23-19)11-1-6-16-17(7-11)29-10-28-16/h1-7,9,14H,8,10H2,(H,23,25)(H,26,27)/t14-/m1/s1. The van der Waals surface area contributed by atoms with E-state index in [1.54, 1.807) is 28.8 Å². The molecule has 0 fully saturated rings. The third-order valence-corrected chi connectivity index (χ3v) is 5.16. The molecule has 0 bridgehead atoms. The fraction of sp³-hybridized carbons (Fsp3) is 0.143. The fourth-order valence-electron chi connectivity index (χ4n) is 3.85. The Kier molecular flexibility index (Phi) is 3.80. The Morgan fingerprint density at radius 1 is 1.14 bits per heavy atom. The van der Waals surface area contributed by atoms with Crippen LogP contribution in [0.5, 0.6) is 11.5 Å². The maximum atomic E-state index is 13.4. The second-order valence-corrected chi connectivity index (χ2v) is 6.87. The molecule has 29 heavy (non-hydrogen) atoms. The lowest BCUT2D eigenvalue weighted by atomic mass is 9.88. The fourth-order valence-corrected chi connectivity index (χ4v) is 3.85. The molecular formula is C21H15FN2O5. The van der Waals surface area contributed by atoms with Crippen molar-refractivity contribution in [1.29, 1.82) is 0 Å². The van der Waals surface area contributed by atoms with Crippen molar-refractivity contribution in [1.82, 2.24) is 4.57 Å². The first kappa shape index (κ1) is 17.3. The van der Waals surface area contributed by atoms with Gasteiger partial charge in [-0.25, -0.2) is 9.18 Å². The van der Waals surface area contributed by atoms with E-state index in [1.807, 2.05) is 6.07 Å². The monoisotopic (exact) mass is 394 g/mol. The van der Waals surface area contributed by atoms with Gasteiger partial charge in [-0.2, -0.15) is 0 Å². The lowest BCUT2D eigenvalue weighted by Crippen LogP contribution is -2.25. The van der Waals surface area contributed by atoms with Gasteiger partial charge in [0.1, 0.15) is 11.4 Å². The van der Waals surface area contributed by atoms with Gasteiger partial charge in [0, 0.05) is 24.2 Å². The molecule has 0 spiro atoms. The third kappa shape index (κ3) is 2.80. The highest BCUT2D eigenvalue weighted by atomic mass is 19.1. The summed E-state index contributed by atoms with van der Waals surface area (Å²) in [5.74, 6) is -1.05. The molecule has 0 saturated carbocycles. The number of hydrogen-bond acceptors (Lipinski definition) is 4. The number of rotatable bonds is 3. The molecule has 1 amide bonds. The predicted octanol–water partition coefficient (Wildman–Crippen LogP) is 3.52. The first-order valence-electron chi connectivity index (χ1n) is 8.95. The van der Waals surface area contributed by atoms with Gasteiger partial charge < -0.3 is 24.5 Å². The van der Waals surface area contributed by atoms with E-state index >= 15 is 0 Å². The number of hydrogen-bond donors (Lipinski definition) is 2. The van der Waals surface area contributed by atoms with Gasteiger partial charge in [0.05, 0.1) is 11.4 Å². The van der Waals surface area contributed by atoms with E-state index in [9.17, 15) is 19.1 Å². The SMILES string of the molecule is O=C1C[C@H](c2ccc3c(c2)OCO3)c2c(c(C(=O)O)cn2-c2ccc(F)cc2)N1. The molecule has 3 aromatic rings. The van der Waals surface area contributed by atoms with Gasteiger partial charge in [-0.3, -0.25) is 4.79 Å². The average Bonchev–Trinajstić information content (AvgIpc) is 3.32. The summed E-state index contributed by atoms with van der Waals surface area (Å²) in [5.41, 5.74) is 2.23. The Bertz CT molecular complexity index is 1150. The quantitative estimate of drug-likeness (QED) is 0.710. The van der Waals surface area contributed by atoms with Gasteiger partial charge in [-0.1, -0.05) is 6.07 Å². The summed E-state index contributed by atoms with van der Waals surface area (Å²) >= 11 is 0. The van der Waals surface area contributed by atoms with Gasteiger partial charge >= 0.3 is 5.97 Å². The smallest absolute Gasteiger partial charge is 0.339 e. The Balaban J connectivity index is 1.72. The summed E-state index contributed by atoms with van der Waals surface area (Å²) in [5, 5.41) is 12.3. The Morgan fingerprint density at radius 2 is 1.90 bits per heavy atom. The molecule has 0 saturated heterocycles. The van der Waals surface area contributed by atoms with Crippen LogP contribution in [0.4, 0.5) is 10.1 Å². The second kappa shape index (κ2) is 6.37. The molecule has 0 aliphatic carbocycles. The molecular weight excluding hydrogens is 379 g/mol. The van der Waals surface area contributed by atoms with Crippen LogP contribution in [-0.4, -0.2) is 28.3 Å². The zero-order chi connectivity index (χ0) is 20.1. The number of halogens is 1. The van der Waals surface area contributed by atoms with E-state index in [0.717, 1.165) is 5.56 Å². The van der Waals surface area contributed by atoms with Crippen LogP contribution in [0.2, 0.25) is 0 Å². The molecule has 2 aromatic carbocycles. The highest BCUT2D eigenvalue weighted by Crippen LogP contribution is 2.44. The Hall–Kier alpha value is -3.81. The van der Waals surface area contributed by atoms with E-state index in [4.69, 9.17) is 9.47 Å². The number of benzene rings is 2. The van der Waals surface area contributed by atoms with Gasteiger partial charge in [-0.15, -0.1) is 0 Å². The molecule has 146 valence electrons. The van der Waals surface area contributed by atoms with Crippen molar-refractivity contribution in [3.8, 4) is 17.2 Å². The number of nitrogens with one attached hydrogen (secondary N) is 1. The number of ether oxygens (including phenoxy) is 2. The minimum absolute atomic E-state index is 0.0249. The van der Waals surface area contributed by atoms with E-state index in [0.29, 0.717) is 22.9 Å². The van der Waals surface area contributed by atoms with Crippen LogP contribution in [0.25, 0.3) is 5.69 Å². The van der Waals surface area contributed by atoms with Crippen LogP contribution >= 0.6 is 0 Å². The van der Waals surface area contributed by atoms with Crippen LogP contribution in [0, 0.1) is 5.82 Å². The van der Waals surface area contributed by atoms with Crippen molar-refractivity contribution in [3.63, 3.8) is 0 Å². The van der Waals surface area contributed by atoms with Crippen LogP contribution in [0.15, 0.2) is 48.7 Å². The molecule has 3 heterocycles. The number of carboxylic acid groups (broad SMARTS) is 1. The Morgan fingerprint density at radius 3 is 2.66 bits per heavy atom. The van der Waals surface area contributed by atoms with E-state index in [2.05, 4.69) is 5.32 Å². The molecule has 2 aliphatic heterocycles. The summed E-state index contributed by atoms with van der Waals surface area (Å²) < 4.78 is 25.9. The second-order valence-electron chi connectivity index (χ2n) is 6.87. The van der Waals surface area contributed by atoms with Gasteiger partial charge in [0.2, 0.25) is 12.7 Å². The molecule has 2 aliphatic rings. The summed E-state index contributed by atoms with van der Waals surface area (Å²) in [4.78, 5) is 24.2. The molecule has 1 atom stereocenters. The number of nitrogens with zero attached hydrogens (tertiary/aromatic N) is 1. The Labute approximate surface area is 164 Å². The predicted molar refractivity (Wildman–Crippen MR) is 100 cm³/mol. The first-order chi connectivity index (χ1) is 14.0. The minimum Gasteiger partial charge on any atom is -0.478 e. The number of aromatic nitrogens is 1. The summed E-state index contributed by atoms with van der Waals surface area (Å²) in [6, 6.07) is 11.1. The summed E-state index contributed by atoms with van der Waals surface area (Å²) in [7, 11) is 0. The van der Waals surface area contributed by atoms with Crippen molar-refractivity contribution in [2.75, 3.05) is 12.1 Å². The summed E-state index contributed by atoms with van der Waals surface area (Å²) in [6.45, 7) is 0.129. The number of amides is 1. The van der Waals surface area contributed by atoms with E-state index in [-0.39, 0.29) is 30.4 Å². The normalized spacial score (nSPS) is 17.0. The largest absolute Gasteiger partial charge is 0.478 e. The lowest BCUT2D eigenvalue weighted by Gasteiger charge is -2.26. The number of anilines is 1. The highest BCUT2D eigenvalue weighted by molar-refractivity contribution is 6.04. The number of fused-ring (bicyclic) bond motifs is 2. The average molecular weight is 394 g/mol. The molecule has 1 aromatic heterocycles. The zero-order valence-corrected chi connectivity index (χ0v) is 15.0. The maximum Gasteiger partial charge on any atom is 0.339 e. The van der Waals surface area contributed by atoms with Gasteiger partial charge in [-0.05, 0) is 42.0 Å². The summed E-state index contributed by atoms with van der Waals surface area (Å²) in [6.07, 6.45) is 1.59. The number of carbonyl (C=O) groups is 2. The van der Waals surface area contributed by atoms with Crippen molar-refractivity contribution in [2.24, 2.45) is 0 Å². The third-order valence-electron chi connectivity index (χ3n) is 5.16. The topological polar surface area (TPSA) is 89.8 Å². The molecule has 5 rings (SSSR count). The molecule has 2 N–H and O–H groups in total. The van der Waals surface area contributed by atoms with E-state index in [1.165, 1.54) is 18.3 Å². The van der Waals surface area contributed by atoms with Crippen molar-refractivity contribution >= 4 is 17.6 Å². The molecule has 0 unspecified atom stereocenters. The zero-order valence-electron chi connectivity index (χ0n) is 15.0. The first-order valence-corrected chi connectivity index (χ1v) is 8.95. The highest BCUT2D eigenvalue weighted by Gasteiger charge is 2.35. The van der Waals surface area contributed by atoms with Crippen molar-refractivity contribution in [2.45, 2.75) is 12.3 Å². The van der Waals surface area contributed by atoms with E-state index < -0.39 is 17.7 Å². The number of carbonyl (C=O) groups excluding carboxylic acids is 1. The van der Waals surface area contributed by atoms with Crippen molar-refractivity contribution in [3.05, 3.63) is 71.3 Å². The molecule has 0 radical (unpaired) electrons. The lowest BCUT2D eigenvalue weighted by molar-refractivity contribution is -0.116. The van der Waals surface area contributed by atoms with Crippen LogP contribution in [0.1, 0.15) is 34.0 Å². The van der Waals surface area contributed by atoms with Crippen LogP contribution < -0.4 is 14.8 Å². The number of aromatic carboxylic acids is 1. The minimum atomic E-state index is -1.16.